The molecular formula is C15H13ClFN3O5S. The van der Waals surface area contributed by atoms with E-state index in [2.05, 4.69) is 10.6 Å². The maximum atomic E-state index is 13.3. The summed E-state index contributed by atoms with van der Waals surface area (Å²) in [6, 6.07) is 6.19. The monoisotopic (exact) mass is 401 g/mol. The predicted molar refractivity (Wildman–Crippen MR) is 93.8 cm³/mol. The van der Waals surface area contributed by atoms with Crippen LogP contribution in [0.1, 0.15) is 11.0 Å². The van der Waals surface area contributed by atoms with E-state index in [0.717, 1.165) is 23.1 Å². The Bertz CT molecular complexity index is 844. The van der Waals surface area contributed by atoms with Crippen LogP contribution in [0.4, 0.5) is 15.8 Å². The molecule has 0 fully saturated rings. The first-order valence-electron chi connectivity index (χ1n) is 7.13. The zero-order valence-corrected chi connectivity index (χ0v) is 14.9. The van der Waals surface area contributed by atoms with E-state index in [1.54, 1.807) is 12.1 Å². The van der Waals surface area contributed by atoms with Gasteiger partial charge < -0.3 is 15.4 Å². The summed E-state index contributed by atoms with van der Waals surface area (Å²) in [6.07, 6.45) is -0.490. The quantitative estimate of drug-likeness (QED) is 0.439. The summed E-state index contributed by atoms with van der Waals surface area (Å²) in [5, 5.41) is 15.3. The molecule has 1 aromatic carbocycles. The van der Waals surface area contributed by atoms with Gasteiger partial charge in [-0.1, -0.05) is 11.6 Å². The molecule has 138 valence electrons. The number of hydrogen-bond acceptors (Lipinski definition) is 6. The van der Waals surface area contributed by atoms with E-state index in [0.29, 0.717) is 4.34 Å². The number of thiophene rings is 1. The summed E-state index contributed by atoms with van der Waals surface area (Å²) in [6.45, 7) is 0.0170. The number of carbonyl (C=O) groups is 2. The fourth-order valence-electron chi connectivity index (χ4n) is 1.99. The van der Waals surface area contributed by atoms with Crippen LogP contribution in [0.2, 0.25) is 4.34 Å². The van der Waals surface area contributed by atoms with Crippen LogP contribution < -0.4 is 10.6 Å². The number of anilines is 1. The van der Waals surface area contributed by atoms with Gasteiger partial charge in [0.25, 0.3) is 0 Å². The first-order chi connectivity index (χ1) is 12.3. The Morgan fingerprint density at radius 2 is 2.08 bits per heavy atom. The van der Waals surface area contributed by atoms with Crippen molar-refractivity contribution in [2.45, 2.75) is 6.10 Å². The molecule has 11 heteroatoms. The molecule has 26 heavy (non-hydrogen) atoms. The number of methoxy groups -OCH3 is 1. The van der Waals surface area contributed by atoms with E-state index in [-0.39, 0.29) is 12.2 Å². The maximum absolute atomic E-state index is 13.3. The molecule has 1 aromatic heterocycles. The Balaban J connectivity index is 1.96. The molecule has 0 aliphatic carbocycles. The molecule has 1 unspecified atom stereocenters. The lowest BCUT2D eigenvalue weighted by atomic mass is 10.2. The third-order valence-electron chi connectivity index (χ3n) is 3.25. The van der Waals surface area contributed by atoms with Gasteiger partial charge in [-0.15, -0.1) is 11.3 Å². The van der Waals surface area contributed by atoms with E-state index in [9.17, 15) is 24.1 Å². The lowest BCUT2D eigenvalue weighted by molar-refractivity contribution is -0.387. The summed E-state index contributed by atoms with van der Waals surface area (Å²) < 4.78 is 19.1. The molecule has 2 rings (SSSR count). The third kappa shape index (κ3) is 4.97. The number of hydrogen-bond donors (Lipinski definition) is 2. The Hall–Kier alpha value is -2.56. The number of nitro benzene ring substituents is 1. The van der Waals surface area contributed by atoms with Crippen molar-refractivity contribution in [2.24, 2.45) is 0 Å². The van der Waals surface area contributed by atoms with E-state index in [1.165, 1.54) is 18.4 Å². The molecule has 2 N–H and O–H groups in total. The standard InChI is InChI=1S/C15H13ClFN3O5S/c1-25-11(12-4-5-13(16)26-12)7-18-14(21)15(22)19-8-2-3-9(17)10(6-8)20(23)24/h2-6,11H,7H2,1H3,(H,18,21)(H,19,22). The number of rotatable bonds is 6. The number of nitro groups is 1. The van der Waals surface area contributed by atoms with Crippen molar-refractivity contribution in [3.8, 4) is 0 Å². The van der Waals surface area contributed by atoms with Crippen molar-refractivity contribution >= 4 is 46.1 Å². The van der Waals surface area contributed by atoms with E-state index in [4.69, 9.17) is 16.3 Å². The molecule has 0 aliphatic heterocycles. The van der Waals surface area contributed by atoms with Gasteiger partial charge in [-0.2, -0.15) is 4.39 Å². The van der Waals surface area contributed by atoms with Gasteiger partial charge in [0.2, 0.25) is 5.82 Å². The number of benzene rings is 1. The maximum Gasteiger partial charge on any atom is 0.313 e. The Kier molecular flexibility index (Phi) is 6.61. The van der Waals surface area contributed by atoms with E-state index < -0.39 is 34.3 Å². The first kappa shape index (κ1) is 19.8. The molecule has 0 saturated heterocycles. The molecular weight excluding hydrogens is 389 g/mol. The number of ether oxygens (including phenoxy) is 1. The molecule has 1 heterocycles. The lowest BCUT2D eigenvalue weighted by Gasteiger charge is -2.14. The molecule has 0 aliphatic rings. The van der Waals surface area contributed by atoms with Gasteiger partial charge in [-0.25, -0.2) is 0 Å². The molecule has 0 spiro atoms. The molecule has 2 aromatic rings. The number of nitrogens with zero attached hydrogens (tertiary/aromatic N) is 1. The van der Waals surface area contributed by atoms with Gasteiger partial charge in [-0.3, -0.25) is 19.7 Å². The summed E-state index contributed by atoms with van der Waals surface area (Å²) >= 11 is 7.13. The number of amides is 2. The van der Waals surface area contributed by atoms with Gasteiger partial charge >= 0.3 is 17.5 Å². The predicted octanol–water partition coefficient (Wildman–Crippen LogP) is 2.89. The summed E-state index contributed by atoms with van der Waals surface area (Å²) in [5.41, 5.74) is -0.885. The Morgan fingerprint density at radius 1 is 1.35 bits per heavy atom. The van der Waals surface area contributed by atoms with Crippen molar-refractivity contribution in [1.82, 2.24) is 5.32 Å². The minimum Gasteiger partial charge on any atom is -0.374 e. The second-order valence-electron chi connectivity index (χ2n) is 4.95. The zero-order chi connectivity index (χ0) is 19.3. The zero-order valence-electron chi connectivity index (χ0n) is 13.3. The summed E-state index contributed by atoms with van der Waals surface area (Å²) in [4.78, 5) is 34.3. The van der Waals surface area contributed by atoms with Gasteiger partial charge in [-0.05, 0) is 24.3 Å². The van der Waals surface area contributed by atoms with Crippen LogP contribution in [0, 0.1) is 15.9 Å². The third-order valence-corrected chi connectivity index (χ3v) is 4.57. The average molecular weight is 402 g/mol. The number of halogens is 2. The smallest absolute Gasteiger partial charge is 0.313 e. The minimum atomic E-state index is -1.05. The Morgan fingerprint density at radius 3 is 2.65 bits per heavy atom. The van der Waals surface area contributed by atoms with Crippen LogP contribution in [0.25, 0.3) is 0 Å². The van der Waals surface area contributed by atoms with Gasteiger partial charge in [0.05, 0.1) is 9.26 Å². The van der Waals surface area contributed by atoms with Gasteiger partial charge in [0.1, 0.15) is 6.10 Å². The summed E-state index contributed by atoms with van der Waals surface area (Å²) in [7, 11) is 1.45. The Labute approximate surface area is 156 Å². The molecule has 1 atom stereocenters. The molecule has 8 nitrogen and oxygen atoms in total. The fraction of sp³-hybridized carbons (Fsp3) is 0.200. The second kappa shape index (κ2) is 8.70. The normalized spacial score (nSPS) is 11.7. The van der Waals surface area contributed by atoms with Crippen LogP contribution in [0.15, 0.2) is 30.3 Å². The van der Waals surface area contributed by atoms with Crippen molar-refractivity contribution in [2.75, 3.05) is 19.0 Å². The highest BCUT2D eigenvalue weighted by Crippen LogP contribution is 2.28. The lowest BCUT2D eigenvalue weighted by Crippen LogP contribution is -2.37. The fourth-order valence-corrected chi connectivity index (χ4v) is 3.12. The van der Waals surface area contributed by atoms with Crippen LogP contribution in [-0.4, -0.2) is 30.4 Å². The van der Waals surface area contributed by atoms with Crippen LogP contribution in [0.5, 0.6) is 0 Å². The first-order valence-corrected chi connectivity index (χ1v) is 8.32. The van der Waals surface area contributed by atoms with Gasteiger partial charge in [0, 0.05) is 30.3 Å². The SMILES string of the molecule is COC(CNC(=O)C(=O)Nc1ccc(F)c([N+](=O)[O-])c1)c1ccc(Cl)s1. The van der Waals surface area contributed by atoms with E-state index >= 15 is 0 Å². The molecule has 0 saturated carbocycles. The number of nitrogens with one attached hydrogen (secondary N) is 2. The highest BCUT2D eigenvalue weighted by Gasteiger charge is 2.20. The van der Waals surface area contributed by atoms with Crippen molar-refractivity contribution in [3.05, 3.63) is 55.5 Å². The second-order valence-corrected chi connectivity index (χ2v) is 6.70. The number of carbonyl (C=O) groups excluding carboxylic acids is 2. The highest BCUT2D eigenvalue weighted by atomic mass is 35.5. The average Bonchev–Trinajstić information content (AvgIpc) is 3.02. The van der Waals surface area contributed by atoms with Crippen LogP contribution in [-0.2, 0) is 14.3 Å². The van der Waals surface area contributed by atoms with Crippen molar-refractivity contribution in [1.29, 1.82) is 0 Å². The van der Waals surface area contributed by atoms with Crippen LogP contribution >= 0.6 is 22.9 Å². The molecule has 2 amide bonds. The van der Waals surface area contributed by atoms with Crippen molar-refractivity contribution in [3.63, 3.8) is 0 Å². The molecule has 0 bridgehead atoms. The minimum absolute atomic E-state index is 0.0170. The van der Waals surface area contributed by atoms with Gasteiger partial charge in [0.15, 0.2) is 0 Å². The van der Waals surface area contributed by atoms with Crippen molar-refractivity contribution < 1.29 is 23.6 Å². The van der Waals surface area contributed by atoms with Crippen LogP contribution in [0.3, 0.4) is 0 Å². The largest absolute Gasteiger partial charge is 0.374 e. The highest BCUT2D eigenvalue weighted by molar-refractivity contribution is 7.16. The summed E-state index contributed by atoms with van der Waals surface area (Å²) in [5.74, 6) is -3.07. The van der Waals surface area contributed by atoms with E-state index in [1.807, 2.05) is 0 Å². The topological polar surface area (TPSA) is 111 Å². The molecule has 0 radical (unpaired) electrons.